The van der Waals surface area contributed by atoms with Gasteiger partial charge < -0.3 is 0 Å². The third kappa shape index (κ3) is 2.37. The minimum atomic E-state index is -0.444. The highest BCUT2D eigenvalue weighted by Crippen LogP contribution is 2.18. The van der Waals surface area contributed by atoms with Gasteiger partial charge in [0.1, 0.15) is 0 Å². The summed E-state index contributed by atoms with van der Waals surface area (Å²) in [6.07, 6.45) is 2.28. The Morgan fingerprint density at radius 1 is 1.38 bits per heavy atom. The molecule has 0 aliphatic carbocycles. The molecule has 0 saturated heterocycles. The van der Waals surface area contributed by atoms with Crippen LogP contribution in [0, 0.1) is 10.1 Å². The van der Waals surface area contributed by atoms with Crippen molar-refractivity contribution in [2.24, 2.45) is 0 Å². The summed E-state index contributed by atoms with van der Waals surface area (Å²) in [5.74, 6) is 0. The maximum absolute atomic E-state index is 10.5. The molecule has 0 aliphatic rings. The van der Waals surface area contributed by atoms with E-state index in [9.17, 15) is 14.9 Å². The maximum atomic E-state index is 10.5. The van der Waals surface area contributed by atoms with Crippen LogP contribution in [0.1, 0.15) is 12.0 Å². The first kappa shape index (κ1) is 9.38. The molecule has 1 aromatic carbocycles. The van der Waals surface area contributed by atoms with Crippen LogP contribution in [-0.2, 0) is 11.2 Å². The molecule has 0 unspecified atom stereocenters. The number of benzene rings is 1. The van der Waals surface area contributed by atoms with E-state index in [4.69, 9.17) is 0 Å². The van der Waals surface area contributed by atoms with Crippen molar-refractivity contribution in [1.29, 1.82) is 0 Å². The molecule has 0 bridgehead atoms. The van der Waals surface area contributed by atoms with E-state index < -0.39 is 4.92 Å². The van der Waals surface area contributed by atoms with Crippen LogP contribution in [0.15, 0.2) is 24.3 Å². The summed E-state index contributed by atoms with van der Waals surface area (Å²) in [6, 6.07) is 6.40. The predicted octanol–water partition coefficient (Wildman–Crippen LogP) is 1.64. The molecular weight excluding hydrogens is 170 g/mol. The number of nitrogens with zero attached hydrogens (tertiary/aromatic N) is 1. The summed E-state index contributed by atoms with van der Waals surface area (Å²) >= 11 is 0. The van der Waals surface area contributed by atoms with Crippen molar-refractivity contribution in [3.8, 4) is 0 Å². The third-order valence-electron chi connectivity index (χ3n) is 1.68. The first-order valence-electron chi connectivity index (χ1n) is 3.83. The number of hydrogen-bond acceptors (Lipinski definition) is 3. The van der Waals surface area contributed by atoms with E-state index >= 15 is 0 Å². The van der Waals surface area contributed by atoms with Crippen LogP contribution < -0.4 is 0 Å². The van der Waals surface area contributed by atoms with Gasteiger partial charge in [0.15, 0.2) is 6.29 Å². The van der Waals surface area contributed by atoms with Crippen LogP contribution in [0.4, 0.5) is 5.69 Å². The van der Waals surface area contributed by atoms with Gasteiger partial charge in [-0.2, -0.15) is 0 Å². The van der Waals surface area contributed by atoms with Crippen LogP contribution >= 0.6 is 0 Å². The SMILES string of the molecule is O=[C]CCc1ccccc1[N+](=O)[O-]. The van der Waals surface area contributed by atoms with Crippen LogP contribution in [0.25, 0.3) is 0 Å². The minimum Gasteiger partial charge on any atom is -0.291 e. The van der Waals surface area contributed by atoms with Crippen LogP contribution in [0.2, 0.25) is 0 Å². The van der Waals surface area contributed by atoms with E-state index in [1.54, 1.807) is 24.5 Å². The molecular formula is C9H8NO3. The highest BCUT2D eigenvalue weighted by atomic mass is 16.6. The second kappa shape index (κ2) is 4.35. The Hall–Kier alpha value is -1.71. The maximum Gasteiger partial charge on any atom is 0.272 e. The fourth-order valence-electron chi connectivity index (χ4n) is 1.09. The lowest BCUT2D eigenvalue weighted by Crippen LogP contribution is -1.95. The first-order chi connectivity index (χ1) is 6.25. The van der Waals surface area contributed by atoms with Gasteiger partial charge in [0.2, 0.25) is 0 Å². The Bertz CT molecular complexity index is 322. The molecule has 0 amide bonds. The number of carbonyl (C=O) groups excluding carboxylic acids is 1. The molecule has 13 heavy (non-hydrogen) atoms. The van der Waals surface area contributed by atoms with Crippen LogP contribution in [-0.4, -0.2) is 11.2 Å². The monoisotopic (exact) mass is 178 g/mol. The fraction of sp³-hybridized carbons (Fsp3) is 0.222. The predicted molar refractivity (Wildman–Crippen MR) is 47.1 cm³/mol. The van der Waals surface area contributed by atoms with E-state index in [0.717, 1.165) is 0 Å². The smallest absolute Gasteiger partial charge is 0.272 e. The molecule has 1 aromatic rings. The number of para-hydroxylation sites is 1. The van der Waals surface area contributed by atoms with Gasteiger partial charge in [-0.15, -0.1) is 0 Å². The van der Waals surface area contributed by atoms with Gasteiger partial charge >= 0.3 is 0 Å². The zero-order valence-corrected chi connectivity index (χ0v) is 6.90. The summed E-state index contributed by atoms with van der Waals surface area (Å²) in [6.45, 7) is 0. The largest absolute Gasteiger partial charge is 0.291 e. The van der Waals surface area contributed by atoms with Gasteiger partial charge in [-0.25, -0.2) is 0 Å². The van der Waals surface area contributed by atoms with Crippen molar-refractivity contribution in [1.82, 2.24) is 0 Å². The number of nitro groups is 1. The van der Waals surface area contributed by atoms with E-state index in [1.165, 1.54) is 6.07 Å². The molecule has 0 atom stereocenters. The fourth-order valence-corrected chi connectivity index (χ4v) is 1.09. The summed E-state index contributed by atoms with van der Waals surface area (Å²) in [4.78, 5) is 20.0. The Morgan fingerprint density at radius 2 is 2.08 bits per heavy atom. The van der Waals surface area contributed by atoms with Gasteiger partial charge in [0.05, 0.1) is 4.92 Å². The first-order valence-corrected chi connectivity index (χ1v) is 3.83. The van der Waals surface area contributed by atoms with Gasteiger partial charge in [-0.3, -0.25) is 14.9 Å². The van der Waals surface area contributed by atoms with Gasteiger partial charge in [0, 0.05) is 18.1 Å². The molecule has 0 N–H and O–H groups in total. The number of nitro benzene ring substituents is 1. The zero-order valence-electron chi connectivity index (χ0n) is 6.90. The molecule has 1 radical (unpaired) electrons. The van der Waals surface area contributed by atoms with Gasteiger partial charge in [-0.1, -0.05) is 18.2 Å². The molecule has 4 heteroatoms. The summed E-state index contributed by atoms with van der Waals surface area (Å²) in [5.41, 5.74) is 0.647. The molecule has 0 saturated carbocycles. The van der Waals surface area contributed by atoms with Crippen molar-refractivity contribution in [2.45, 2.75) is 12.8 Å². The molecule has 0 aromatic heterocycles. The van der Waals surface area contributed by atoms with Crippen molar-refractivity contribution >= 4 is 12.0 Å². The van der Waals surface area contributed by atoms with Crippen molar-refractivity contribution in [3.63, 3.8) is 0 Å². The van der Waals surface area contributed by atoms with Crippen LogP contribution in [0.5, 0.6) is 0 Å². The summed E-state index contributed by atoms with van der Waals surface area (Å²) in [7, 11) is 0. The zero-order chi connectivity index (χ0) is 9.68. The summed E-state index contributed by atoms with van der Waals surface area (Å²) in [5, 5.41) is 10.5. The molecule has 0 aliphatic heterocycles. The van der Waals surface area contributed by atoms with Crippen molar-refractivity contribution in [3.05, 3.63) is 39.9 Å². The molecule has 4 nitrogen and oxygen atoms in total. The van der Waals surface area contributed by atoms with E-state index in [1.807, 2.05) is 0 Å². The lowest BCUT2D eigenvalue weighted by molar-refractivity contribution is -0.385. The average molecular weight is 178 g/mol. The quantitative estimate of drug-likeness (QED) is 0.520. The highest BCUT2D eigenvalue weighted by Gasteiger charge is 2.10. The Kier molecular flexibility index (Phi) is 3.14. The third-order valence-corrected chi connectivity index (χ3v) is 1.68. The normalized spacial score (nSPS) is 9.54. The lowest BCUT2D eigenvalue weighted by Gasteiger charge is -1.98. The number of hydrogen-bond donors (Lipinski definition) is 0. The second-order valence-corrected chi connectivity index (χ2v) is 2.53. The lowest BCUT2D eigenvalue weighted by atomic mass is 10.1. The van der Waals surface area contributed by atoms with Crippen molar-refractivity contribution in [2.75, 3.05) is 0 Å². The van der Waals surface area contributed by atoms with E-state index in [-0.39, 0.29) is 12.1 Å². The van der Waals surface area contributed by atoms with Gasteiger partial charge in [-0.05, 0) is 6.42 Å². The highest BCUT2D eigenvalue weighted by molar-refractivity contribution is 5.52. The molecule has 0 fully saturated rings. The number of rotatable bonds is 4. The number of aryl methyl sites for hydroxylation is 1. The Balaban J connectivity index is 2.90. The standard InChI is InChI=1S/C9H8NO3/c11-7-3-5-8-4-1-2-6-9(8)10(12)13/h1-2,4,6H,3,5H2. The molecule has 0 heterocycles. The molecule has 1 rings (SSSR count). The molecule has 67 valence electrons. The summed E-state index contributed by atoms with van der Waals surface area (Å²) < 4.78 is 0. The van der Waals surface area contributed by atoms with Crippen LogP contribution in [0.3, 0.4) is 0 Å². The average Bonchev–Trinajstić information content (AvgIpc) is 2.15. The Morgan fingerprint density at radius 3 is 2.69 bits per heavy atom. The topological polar surface area (TPSA) is 60.2 Å². The van der Waals surface area contributed by atoms with Gasteiger partial charge in [0.25, 0.3) is 5.69 Å². The van der Waals surface area contributed by atoms with Crippen molar-refractivity contribution < 1.29 is 9.72 Å². The van der Waals surface area contributed by atoms with E-state index in [0.29, 0.717) is 12.0 Å². The Labute approximate surface area is 75.3 Å². The van der Waals surface area contributed by atoms with E-state index in [2.05, 4.69) is 0 Å². The minimum absolute atomic E-state index is 0.0674. The second-order valence-electron chi connectivity index (χ2n) is 2.53. The molecule has 0 spiro atoms.